The van der Waals surface area contributed by atoms with Gasteiger partial charge in [0, 0.05) is 11.8 Å². The van der Waals surface area contributed by atoms with Gasteiger partial charge in [-0.15, -0.1) is 10.2 Å². The molecule has 0 bridgehead atoms. The van der Waals surface area contributed by atoms with Crippen molar-refractivity contribution in [2.75, 3.05) is 6.26 Å². The SMILES string of the molecule is CSc1nc(C(=O)OCc2nnc(-c3ccccc3)o2)c2ccccn12. The molecule has 4 rings (SSSR count). The van der Waals surface area contributed by atoms with Crippen molar-refractivity contribution >= 4 is 23.2 Å². The number of imidazole rings is 1. The van der Waals surface area contributed by atoms with Gasteiger partial charge in [-0.1, -0.05) is 36.0 Å². The van der Waals surface area contributed by atoms with Crippen molar-refractivity contribution in [3.05, 3.63) is 66.3 Å². The summed E-state index contributed by atoms with van der Waals surface area (Å²) in [7, 11) is 0. The fourth-order valence-corrected chi connectivity index (χ4v) is 3.05. The Bertz CT molecular complexity index is 1060. The van der Waals surface area contributed by atoms with Gasteiger partial charge in [0.05, 0.1) is 5.52 Å². The molecule has 0 atom stereocenters. The number of hydrogen-bond acceptors (Lipinski definition) is 7. The molecule has 8 heteroatoms. The van der Waals surface area contributed by atoms with Gasteiger partial charge < -0.3 is 9.15 Å². The van der Waals surface area contributed by atoms with Gasteiger partial charge in [0.15, 0.2) is 17.5 Å². The number of fused-ring (bicyclic) bond motifs is 1. The molecule has 0 aliphatic rings. The van der Waals surface area contributed by atoms with E-state index in [0.717, 1.165) is 10.7 Å². The quantitative estimate of drug-likeness (QED) is 0.395. The average molecular weight is 366 g/mol. The summed E-state index contributed by atoms with van der Waals surface area (Å²) in [5.74, 6) is 0.0769. The summed E-state index contributed by atoms with van der Waals surface area (Å²) in [6.45, 7) is -0.112. The van der Waals surface area contributed by atoms with E-state index in [9.17, 15) is 4.79 Å². The van der Waals surface area contributed by atoms with E-state index >= 15 is 0 Å². The fourth-order valence-electron chi connectivity index (χ4n) is 2.51. The lowest BCUT2D eigenvalue weighted by molar-refractivity contribution is 0.0434. The third-order valence-electron chi connectivity index (χ3n) is 3.71. The minimum Gasteiger partial charge on any atom is -0.451 e. The van der Waals surface area contributed by atoms with Gasteiger partial charge in [-0.2, -0.15) is 0 Å². The van der Waals surface area contributed by atoms with E-state index in [1.807, 2.05) is 65.4 Å². The average Bonchev–Trinajstić information content (AvgIpc) is 3.31. The minimum absolute atomic E-state index is 0.112. The smallest absolute Gasteiger partial charge is 0.359 e. The lowest BCUT2D eigenvalue weighted by Crippen LogP contribution is -2.06. The van der Waals surface area contributed by atoms with E-state index in [-0.39, 0.29) is 18.2 Å². The third kappa shape index (κ3) is 3.06. The highest BCUT2D eigenvalue weighted by Gasteiger charge is 2.19. The van der Waals surface area contributed by atoms with E-state index in [0.29, 0.717) is 11.4 Å². The lowest BCUT2D eigenvalue weighted by atomic mass is 10.2. The molecular weight excluding hydrogens is 352 g/mol. The van der Waals surface area contributed by atoms with Gasteiger partial charge in [-0.3, -0.25) is 4.40 Å². The van der Waals surface area contributed by atoms with Crippen LogP contribution in [0.25, 0.3) is 17.0 Å². The highest BCUT2D eigenvalue weighted by Crippen LogP contribution is 2.21. The van der Waals surface area contributed by atoms with Crippen molar-refractivity contribution in [2.45, 2.75) is 11.8 Å². The first-order chi connectivity index (χ1) is 12.8. The van der Waals surface area contributed by atoms with Crippen LogP contribution in [0.3, 0.4) is 0 Å². The Balaban J connectivity index is 1.51. The number of carbonyl (C=O) groups is 1. The molecule has 0 spiro atoms. The maximum absolute atomic E-state index is 12.4. The van der Waals surface area contributed by atoms with Crippen LogP contribution < -0.4 is 0 Å². The number of rotatable bonds is 5. The molecule has 3 aromatic heterocycles. The zero-order valence-corrected chi connectivity index (χ0v) is 14.6. The van der Waals surface area contributed by atoms with Crippen LogP contribution in [0.2, 0.25) is 0 Å². The van der Waals surface area contributed by atoms with Gasteiger partial charge in [0.1, 0.15) is 0 Å². The molecule has 26 heavy (non-hydrogen) atoms. The summed E-state index contributed by atoms with van der Waals surface area (Å²) in [6, 6.07) is 15.0. The van der Waals surface area contributed by atoms with Gasteiger partial charge in [0.25, 0.3) is 5.89 Å². The van der Waals surface area contributed by atoms with Crippen LogP contribution in [-0.4, -0.2) is 31.8 Å². The van der Waals surface area contributed by atoms with Crippen LogP contribution in [0.4, 0.5) is 0 Å². The predicted octanol–water partition coefficient (Wildman–Crippen LogP) is 3.46. The molecular formula is C18H14N4O3S. The van der Waals surface area contributed by atoms with Gasteiger partial charge in [0.2, 0.25) is 5.89 Å². The summed E-state index contributed by atoms with van der Waals surface area (Å²) < 4.78 is 12.7. The van der Waals surface area contributed by atoms with Crippen molar-refractivity contribution in [3.63, 3.8) is 0 Å². The second kappa shape index (κ2) is 7.01. The molecule has 0 saturated carbocycles. The number of pyridine rings is 1. The van der Waals surface area contributed by atoms with Gasteiger partial charge in [-0.25, -0.2) is 9.78 Å². The van der Waals surface area contributed by atoms with Crippen LogP contribution in [0.1, 0.15) is 16.4 Å². The Morgan fingerprint density at radius 1 is 1.15 bits per heavy atom. The maximum Gasteiger partial charge on any atom is 0.359 e. The summed E-state index contributed by atoms with van der Waals surface area (Å²) in [5, 5.41) is 8.61. The fraction of sp³-hybridized carbons (Fsp3) is 0.111. The summed E-state index contributed by atoms with van der Waals surface area (Å²) in [4.78, 5) is 16.8. The molecule has 0 unspecified atom stereocenters. The molecule has 0 radical (unpaired) electrons. The molecule has 0 N–H and O–H groups in total. The Morgan fingerprint density at radius 3 is 2.77 bits per heavy atom. The maximum atomic E-state index is 12.4. The highest BCUT2D eigenvalue weighted by atomic mass is 32.2. The minimum atomic E-state index is -0.534. The van der Waals surface area contributed by atoms with Crippen molar-refractivity contribution < 1.29 is 13.9 Å². The van der Waals surface area contributed by atoms with Crippen LogP contribution >= 0.6 is 11.8 Å². The first-order valence-electron chi connectivity index (χ1n) is 7.82. The monoisotopic (exact) mass is 366 g/mol. The standard InChI is InChI=1S/C18H14N4O3S/c1-26-18-19-15(13-9-5-6-10-22(13)18)17(23)24-11-14-20-21-16(25-14)12-7-3-2-4-8-12/h2-10H,11H2,1H3. The zero-order valence-electron chi connectivity index (χ0n) is 13.8. The number of hydrogen-bond donors (Lipinski definition) is 0. The second-order valence-corrected chi connectivity index (χ2v) is 6.12. The van der Waals surface area contributed by atoms with Gasteiger partial charge in [-0.05, 0) is 30.5 Å². The van der Waals surface area contributed by atoms with E-state index in [1.54, 1.807) is 0 Å². The van der Waals surface area contributed by atoms with E-state index in [4.69, 9.17) is 9.15 Å². The Hall–Kier alpha value is -3.13. The molecule has 1 aromatic carbocycles. The normalized spacial score (nSPS) is 11.0. The van der Waals surface area contributed by atoms with E-state index in [1.165, 1.54) is 11.8 Å². The number of aromatic nitrogens is 4. The number of esters is 1. The number of thioether (sulfide) groups is 1. The van der Waals surface area contributed by atoms with E-state index in [2.05, 4.69) is 15.2 Å². The molecule has 4 aromatic rings. The summed E-state index contributed by atoms with van der Waals surface area (Å²) >= 11 is 1.46. The van der Waals surface area contributed by atoms with E-state index < -0.39 is 5.97 Å². The van der Waals surface area contributed by atoms with Crippen molar-refractivity contribution in [3.8, 4) is 11.5 Å². The number of benzene rings is 1. The first kappa shape index (κ1) is 16.3. The summed E-state index contributed by atoms with van der Waals surface area (Å²) in [6.07, 6.45) is 3.76. The Labute approximate surface area is 153 Å². The molecule has 0 fully saturated rings. The van der Waals surface area contributed by atoms with Gasteiger partial charge >= 0.3 is 5.97 Å². The number of nitrogens with zero attached hydrogens (tertiary/aromatic N) is 4. The third-order valence-corrected chi connectivity index (χ3v) is 4.36. The zero-order chi connectivity index (χ0) is 17.9. The van der Waals surface area contributed by atoms with Crippen LogP contribution in [-0.2, 0) is 11.3 Å². The van der Waals surface area contributed by atoms with Crippen molar-refractivity contribution in [2.24, 2.45) is 0 Å². The number of ether oxygens (including phenoxy) is 1. The lowest BCUT2D eigenvalue weighted by Gasteiger charge is -2.00. The topological polar surface area (TPSA) is 82.5 Å². The second-order valence-electron chi connectivity index (χ2n) is 5.35. The highest BCUT2D eigenvalue weighted by molar-refractivity contribution is 7.98. The van der Waals surface area contributed by atoms with Crippen LogP contribution in [0.5, 0.6) is 0 Å². The van der Waals surface area contributed by atoms with Crippen LogP contribution in [0, 0.1) is 0 Å². The molecule has 3 heterocycles. The first-order valence-corrected chi connectivity index (χ1v) is 9.05. The summed E-state index contributed by atoms with van der Waals surface area (Å²) in [5.41, 5.74) is 1.76. The molecule has 7 nitrogen and oxygen atoms in total. The van der Waals surface area contributed by atoms with Crippen molar-refractivity contribution in [1.29, 1.82) is 0 Å². The molecule has 130 valence electrons. The Kier molecular flexibility index (Phi) is 4.40. The predicted molar refractivity (Wildman–Crippen MR) is 95.8 cm³/mol. The largest absolute Gasteiger partial charge is 0.451 e. The molecule has 0 amide bonds. The van der Waals surface area contributed by atoms with Crippen molar-refractivity contribution in [1.82, 2.24) is 19.6 Å². The molecule has 0 aliphatic heterocycles. The Morgan fingerprint density at radius 2 is 1.96 bits per heavy atom. The number of carbonyl (C=O) groups excluding carboxylic acids is 1. The molecule has 0 aliphatic carbocycles. The molecule has 0 saturated heterocycles. The van der Waals surface area contributed by atoms with Crippen LogP contribution in [0.15, 0.2) is 64.3 Å².